The maximum atomic E-state index is 10.8. The van der Waals surface area contributed by atoms with Gasteiger partial charge >= 0.3 is 45.6 Å². The summed E-state index contributed by atoms with van der Waals surface area (Å²) in [6.45, 7) is -2.69. The van der Waals surface area contributed by atoms with Crippen LogP contribution in [0.15, 0.2) is 0 Å². The van der Waals surface area contributed by atoms with E-state index in [1.807, 2.05) is 0 Å². The van der Waals surface area contributed by atoms with Gasteiger partial charge in [-0.15, -0.1) is 0 Å². The van der Waals surface area contributed by atoms with Gasteiger partial charge in [-0.05, 0) is 0 Å². The zero-order chi connectivity index (χ0) is 20.6. The van der Waals surface area contributed by atoms with Gasteiger partial charge in [-0.1, -0.05) is 0 Å². The molecule has 28 heavy (non-hydrogen) atoms. The fourth-order valence-corrected chi connectivity index (χ4v) is 3.13. The number of aliphatic hydroxyl groups is 7. The Bertz CT molecular complexity index is 559. The molecule has 14 nitrogen and oxygen atoms in total. The van der Waals surface area contributed by atoms with Crippen molar-refractivity contribution in [2.24, 2.45) is 0 Å². The van der Waals surface area contributed by atoms with Crippen LogP contribution in [0.2, 0.25) is 0 Å². The standard InChI is InChI=1S/C12H23O14P.Ca.2H/c13-1-4-7(16)10(19)12(3-14,25-4)26-11-9(18)8(17)6(15)5(24-11)2-23-27(20,21)22;;;/h4-11,13-19H,1-3H2,(H2,20,21,22);;;/q;+2;2*-1/t4-,5-,6-,7-,8+,9-,10+,11-,12+;;;/m1.../s1. The predicted molar refractivity (Wildman–Crippen MR) is 87.5 cm³/mol. The Morgan fingerprint density at radius 2 is 1.57 bits per heavy atom. The number of phosphoric acid groups is 1. The molecule has 16 heteroatoms. The minimum absolute atomic E-state index is 0. The van der Waals surface area contributed by atoms with Crippen LogP contribution in [0.1, 0.15) is 2.85 Å². The molecule has 9 N–H and O–H groups in total. The summed E-state index contributed by atoms with van der Waals surface area (Å²) in [5, 5.41) is 68.3. The van der Waals surface area contributed by atoms with Crippen LogP contribution in [0.4, 0.5) is 0 Å². The van der Waals surface area contributed by atoms with Gasteiger partial charge in [-0.3, -0.25) is 4.52 Å². The van der Waals surface area contributed by atoms with E-state index in [2.05, 4.69) is 4.52 Å². The number of aliphatic hydroxyl groups excluding tert-OH is 7. The largest absolute Gasteiger partial charge is 2.00 e. The van der Waals surface area contributed by atoms with E-state index in [1.165, 1.54) is 0 Å². The average Bonchev–Trinajstić information content (AvgIpc) is 2.85. The number of rotatable bonds is 7. The molecule has 0 aromatic heterocycles. The van der Waals surface area contributed by atoms with Crippen molar-refractivity contribution in [3.8, 4) is 0 Å². The molecule has 0 bridgehead atoms. The second-order valence-corrected chi connectivity index (χ2v) is 7.40. The summed E-state index contributed by atoms with van der Waals surface area (Å²) in [7, 11) is -4.93. The Labute approximate surface area is 191 Å². The van der Waals surface area contributed by atoms with Crippen molar-refractivity contribution in [2.75, 3.05) is 19.8 Å². The maximum Gasteiger partial charge on any atom is 2.00 e. The van der Waals surface area contributed by atoms with Crippen LogP contribution in [0, 0.1) is 0 Å². The molecule has 2 saturated heterocycles. The Kier molecular flexibility index (Phi) is 10.1. The number of ether oxygens (including phenoxy) is 3. The first-order valence-electron chi connectivity index (χ1n) is 7.79. The Morgan fingerprint density at radius 1 is 0.964 bits per heavy atom. The summed E-state index contributed by atoms with van der Waals surface area (Å²) < 4.78 is 30.4. The second kappa shape index (κ2) is 10.5. The Hall–Kier alpha value is 0.970. The molecule has 2 rings (SSSR count). The molecule has 164 valence electrons. The zero-order valence-corrected chi connectivity index (χ0v) is 17.6. The van der Waals surface area contributed by atoms with Crippen LogP contribution in [0.25, 0.3) is 0 Å². The molecule has 0 radical (unpaired) electrons. The van der Waals surface area contributed by atoms with Gasteiger partial charge in [0, 0.05) is 0 Å². The van der Waals surface area contributed by atoms with Gasteiger partial charge in [0.1, 0.15) is 49.3 Å². The molecule has 9 atom stereocenters. The van der Waals surface area contributed by atoms with Crippen molar-refractivity contribution < 1.29 is 71.7 Å². The average molecular weight is 464 g/mol. The van der Waals surface area contributed by atoms with E-state index < -0.39 is 82.4 Å². The zero-order valence-electron chi connectivity index (χ0n) is 16.5. The van der Waals surface area contributed by atoms with E-state index in [0.717, 1.165) is 0 Å². The molecule has 0 spiro atoms. The van der Waals surface area contributed by atoms with Crippen LogP contribution in [-0.4, -0.2) is 158 Å². The molecular weight excluding hydrogens is 439 g/mol. The van der Waals surface area contributed by atoms with Crippen molar-refractivity contribution in [3.05, 3.63) is 0 Å². The monoisotopic (exact) mass is 464 g/mol. The first-order chi connectivity index (χ1) is 12.5. The molecule has 0 saturated carbocycles. The van der Waals surface area contributed by atoms with Crippen LogP contribution >= 0.6 is 7.82 Å². The topological polar surface area (TPSA) is 236 Å². The van der Waals surface area contributed by atoms with E-state index in [1.54, 1.807) is 0 Å². The molecule has 2 heterocycles. The Morgan fingerprint density at radius 3 is 2.04 bits per heavy atom. The molecule has 0 amide bonds. The van der Waals surface area contributed by atoms with Gasteiger partial charge in [0.05, 0.1) is 13.2 Å². The second-order valence-electron chi connectivity index (χ2n) is 6.16. The van der Waals surface area contributed by atoms with Crippen molar-refractivity contribution in [1.29, 1.82) is 0 Å². The molecule has 0 unspecified atom stereocenters. The first kappa shape index (κ1) is 27.0. The van der Waals surface area contributed by atoms with Crippen molar-refractivity contribution >= 4 is 45.6 Å². The predicted octanol–water partition coefficient (Wildman–Crippen LogP) is -5.43. The van der Waals surface area contributed by atoms with Gasteiger partial charge in [0.25, 0.3) is 0 Å². The van der Waals surface area contributed by atoms with E-state index in [0.29, 0.717) is 0 Å². The summed E-state index contributed by atoms with van der Waals surface area (Å²) in [5.74, 6) is -2.35. The molecular formula is C12H25CaO14P. The molecule has 0 aromatic rings. The summed E-state index contributed by atoms with van der Waals surface area (Å²) in [5.41, 5.74) is 0. The van der Waals surface area contributed by atoms with Crippen molar-refractivity contribution in [1.82, 2.24) is 0 Å². The Balaban J connectivity index is 0. The summed E-state index contributed by atoms with van der Waals surface area (Å²) in [6.07, 6.45) is -14.0. The fourth-order valence-electron chi connectivity index (χ4n) is 2.79. The van der Waals surface area contributed by atoms with Gasteiger partial charge in [0.15, 0.2) is 6.29 Å². The van der Waals surface area contributed by atoms with Gasteiger partial charge < -0.3 is 62.6 Å². The molecule has 0 aromatic carbocycles. The quantitative estimate of drug-likeness (QED) is 0.126. The molecule has 2 fully saturated rings. The summed E-state index contributed by atoms with van der Waals surface area (Å²) in [6, 6.07) is 0. The van der Waals surface area contributed by atoms with E-state index in [-0.39, 0.29) is 40.6 Å². The third-order valence-electron chi connectivity index (χ3n) is 4.30. The minimum atomic E-state index is -4.93. The fraction of sp³-hybridized carbons (Fsp3) is 1.00. The van der Waals surface area contributed by atoms with Gasteiger partial charge in [0.2, 0.25) is 5.79 Å². The van der Waals surface area contributed by atoms with Crippen LogP contribution < -0.4 is 0 Å². The van der Waals surface area contributed by atoms with Gasteiger partial charge in [-0.25, -0.2) is 4.57 Å². The smallest absolute Gasteiger partial charge is 1.00 e. The third kappa shape index (κ3) is 5.81. The first-order valence-corrected chi connectivity index (χ1v) is 9.32. The molecule has 2 aliphatic rings. The number of phosphoric ester groups is 1. The van der Waals surface area contributed by atoms with Crippen LogP contribution in [-0.2, 0) is 23.3 Å². The van der Waals surface area contributed by atoms with Crippen molar-refractivity contribution in [3.63, 3.8) is 0 Å². The number of hydrogen-bond donors (Lipinski definition) is 9. The van der Waals surface area contributed by atoms with Crippen LogP contribution in [0.5, 0.6) is 0 Å². The summed E-state index contributed by atoms with van der Waals surface area (Å²) >= 11 is 0. The van der Waals surface area contributed by atoms with E-state index in [4.69, 9.17) is 29.1 Å². The van der Waals surface area contributed by atoms with E-state index in [9.17, 15) is 35.2 Å². The minimum Gasteiger partial charge on any atom is -1.00 e. The maximum absolute atomic E-state index is 10.8. The molecule has 0 aliphatic carbocycles. The summed E-state index contributed by atoms with van der Waals surface area (Å²) in [4.78, 5) is 17.4. The SMILES string of the molecule is O=P(O)(O)OC[C@H]1O[C@H](O[C@]2(CO)O[C@H](CO)[C@@H](O)[C@@H]2O)[C@H](O)[C@@H](O)[C@@H]1O.[Ca+2].[H-].[H-]. The third-order valence-corrected chi connectivity index (χ3v) is 4.78. The van der Waals surface area contributed by atoms with Crippen molar-refractivity contribution in [2.45, 2.75) is 54.8 Å². The van der Waals surface area contributed by atoms with Crippen LogP contribution in [0.3, 0.4) is 0 Å². The normalized spacial score (nSPS) is 44.3. The number of hydrogen-bond acceptors (Lipinski definition) is 12. The van der Waals surface area contributed by atoms with E-state index >= 15 is 0 Å². The van der Waals surface area contributed by atoms with Gasteiger partial charge in [-0.2, -0.15) is 0 Å². The molecule has 2 aliphatic heterocycles.